The minimum Gasteiger partial charge on any atom is -0.478 e. The largest absolute Gasteiger partial charge is 0.478 e. The van der Waals surface area contributed by atoms with Crippen molar-refractivity contribution < 1.29 is 14.7 Å². The number of fused-ring (bicyclic) bond motifs is 1. The number of benzene rings is 2. The second-order valence-electron chi connectivity index (χ2n) is 7.19. The lowest BCUT2D eigenvalue weighted by Crippen LogP contribution is -2.39. The van der Waals surface area contributed by atoms with Gasteiger partial charge in [0.15, 0.2) is 0 Å². The van der Waals surface area contributed by atoms with Crippen molar-refractivity contribution in [3.63, 3.8) is 0 Å². The second-order valence-corrected chi connectivity index (χ2v) is 7.19. The number of aryl methyl sites for hydroxylation is 1. The molecule has 2 heterocycles. The number of carboxylic acids is 1. The van der Waals surface area contributed by atoms with Gasteiger partial charge in [0.05, 0.1) is 11.1 Å². The van der Waals surface area contributed by atoms with E-state index >= 15 is 0 Å². The molecule has 1 aliphatic heterocycles. The fourth-order valence-corrected chi connectivity index (χ4v) is 4.01. The molecular weight excluding hydrogens is 340 g/mol. The summed E-state index contributed by atoms with van der Waals surface area (Å²) in [5.41, 5.74) is 3.18. The smallest absolute Gasteiger partial charge is 0.335 e. The maximum Gasteiger partial charge on any atom is 0.335 e. The van der Waals surface area contributed by atoms with Gasteiger partial charge >= 0.3 is 5.97 Å². The number of hydrogen-bond donors (Lipinski definition) is 1. The third kappa shape index (κ3) is 3.21. The van der Waals surface area contributed by atoms with Gasteiger partial charge in [0.2, 0.25) is 0 Å². The summed E-state index contributed by atoms with van der Waals surface area (Å²) in [6.45, 7) is 1.42. The Labute approximate surface area is 157 Å². The van der Waals surface area contributed by atoms with Gasteiger partial charge in [0, 0.05) is 43.2 Å². The lowest BCUT2D eigenvalue weighted by molar-refractivity contribution is 0.0694. The number of aromatic nitrogens is 1. The molecule has 1 amide bonds. The van der Waals surface area contributed by atoms with Crippen LogP contribution in [0.25, 0.3) is 10.9 Å². The normalized spacial score (nSPS) is 17.2. The molecule has 1 saturated heterocycles. The molecule has 1 aromatic heterocycles. The van der Waals surface area contributed by atoms with Crippen molar-refractivity contribution in [2.45, 2.75) is 18.8 Å². The van der Waals surface area contributed by atoms with E-state index in [1.807, 2.05) is 59.1 Å². The minimum absolute atomic E-state index is 0.0682. The standard InChI is InChI=1S/C22H22N2O3/c1-23-14-19(18-6-2-3-7-20(18)23)21(25)24-12-4-5-17(13-24)15-8-10-16(11-9-15)22(26)27/h2-3,6-11,14,17H,4-5,12-13H2,1H3,(H,26,27)/t17-/m0/s1. The molecule has 0 unspecified atom stereocenters. The molecule has 0 saturated carbocycles. The molecule has 0 radical (unpaired) electrons. The van der Waals surface area contributed by atoms with Crippen molar-refractivity contribution in [1.29, 1.82) is 0 Å². The van der Waals surface area contributed by atoms with Crippen LogP contribution >= 0.6 is 0 Å². The van der Waals surface area contributed by atoms with E-state index in [9.17, 15) is 9.59 Å². The van der Waals surface area contributed by atoms with E-state index in [4.69, 9.17) is 5.11 Å². The van der Waals surface area contributed by atoms with Crippen molar-refractivity contribution in [2.75, 3.05) is 13.1 Å². The topological polar surface area (TPSA) is 62.5 Å². The molecule has 4 rings (SSSR count). The van der Waals surface area contributed by atoms with Gasteiger partial charge in [-0.25, -0.2) is 4.79 Å². The van der Waals surface area contributed by atoms with Crippen LogP contribution < -0.4 is 0 Å². The molecule has 0 aliphatic carbocycles. The summed E-state index contributed by atoms with van der Waals surface area (Å²) in [6.07, 6.45) is 3.87. The molecular formula is C22H22N2O3. The van der Waals surface area contributed by atoms with E-state index in [1.165, 1.54) is 0 Å². The Balaban J connectivity index is 1.57. The average molecular weight is 362 g/mol. The number of nitrogens with zero attached hydrogens (tertiary/aromatic N) is 2. The van der Waals surface area contributed by atoms with E-state index in [1.54, 1.807) is 12.1 Å². The summed E-state index contributed by atoms with van der Waals surface area (Å²) in [5, 5.41) is 10.0. The molecule has 1 atom stereocenters. The Morgan fingerprint density at radius 1 is 1.07 bits per heavy atom. The van der Waals surface area contributed by atoms with Crippen LogP contribution in [0.4, 0.5) is 0 Å². The first-order valence-corrected chi connectivity index (χ1v) is 9.21. The molecule has 0 spiro atoms. The fourth-order valence-electron chi connectivity index (χ4n) is 4.01. The van der Waals surface area contributed by atoms with Gasteiger partial charge in [-0.3, -0.25) is 4.79 Å². The average Bonchev–Trinajstić information content (AvgIpc) is 3.04. The van der Waals surface area contributed by atoms with Crippen molar-refractivity contribution >= 4 is 22.8 Å². The molecule has 5 heteroatoms. The maximum absolute atomic E-state index is 13.2. The highest BCUT2D eigenvalue weighted by Crippen LogP contribution is 2.29. The Morgan fingerprint density at radius 3 is 2.56 bits per heavy atom. The van der Waals surface area contributed by atoms with Gasteiger partial charge in [-0.15, -0.1) is 0 Å². The second kappa shape index (κ2) is 6.91. The Morgan fingerprint density at radius 2 is 1.81 bits per heavy atom. The number of aromatic carboxylic acids is 1. The lowest BCUT2D eigenvalue weighted by atomic mass is 9.90. The highest BCUT2D eigenvalue weighted by Gasteiger charge is 2.27. The van der Waals surface area contributed by atoms with Crippen LogP contribution in [0.15, 0.2) is 54.7 Å². The zero-order valence-electron chi connectivity index (χ0n) is 15.3. The number of hydrogen-bond acceptors (Lipinski definition) is 2. The van der Waals surface area contributed by atoms with Crippen molar-refractivity contribution in [3.05, 3.63) is 71.4 Å². The molecule has 27 heavy (non-hydrogen) atoms. The lowest BCUT2D eigenvalue weighted by Gasteiger charge is -2.33. The predicted octanol–water partition coefficient (Wildman–Crippen LogP) is 3.90. The van der Waals surface area contributed by atoms with Crippen LogP contribution in [0.1, 0.15) is 45.0 Å². The van der Waals surface area contributed by atoms with E-state index in [-0.39, 0.29) is 11.8 Å². The number of piperidine rings is 1. The van der Waals surface area contributed by atoms with Crippen LogP contribution in [-0.2, 0) is 7.05 Å². The third-order valence-corrected chi connectivity index (χ3v) is 5.47. The summed E-state index contributed by atoms with van der Waals surface area (Å²) >= 11 is 0. The van der Waals surface area contributed by atoms with Gasteiger partial charge in [0.25, 0.3) is 5.91 Å². The highest BCUT2D eigenvalue weighted by molar-refractivity contribution is 6.07. The number of likely N-dealkylation sites (tertiary alicyclic amines) is 1. The van der Waals surface area contributed by atoms with Gasteiger partial charge in [-0.2, -0.15) is 0 Å². The van der Waals surface area contributed by atoms with E-state index in [2.05, 4.69) is 0 Å². The number of carboxylic acid groups (broad SMARTS) is 1. The predicted molar refractivity (Wildman–Crippen MR) is 104 cm³/mol. The Bertz CT molecular complexity index is 1000. The number of carbonyl (C=O) groups is 2. The molecule has 0 bridgehead atoms. The zero-order chi connectivity index (χ0) is 19.0. The van der Waals surface area contributed by atoms with Crippen LogP contribution in [0, 0.1) is 0 Å². The SMILES string of the molecule is Cn1cc(C(=O)N2CCC[C@H](c3ccc(C(=O)O)cc3)C2)c2ccccc21. The zero-order valence-corrected chi connectivity index (χ0v) is 15.3. The van der Waals surface area contributed by atoms with E-state index in [0.717, 1.165) is 41.4 Å². The Hall–Kier alpha value is -3.08. The number of para-hydroxylation sites is 1. The summed E-state index contributed by atoms with van der Waals surface area (Å²) in [4.78, 5) is 26.2. The van der Waals surface area contributed by atoms with Crippen LogP contribution in [0.3, 0.4) is 0 Å². The van der Waals surface area contributed by atoms with Crippen molar-refractivity contribution in [3.8, 4) is 0 Å². The summed E-state index contributed by atoms with van der Waals surface area (Å²) < 4.78 is 1.99. The molecule has 2 aromatic carbocycles. The monoisotopic (exact) mass is 362 g/mol. The van der Waals surface area contributed by atoms with Gasteiger partial charge in [0.1, 0.15) is 0 Å². The molecule has 5 nitrogen and oxygen atoms in total. The van der Waals surface area contributed by atoms with Crippen molar-refractivity contribution in [2.24, 2.45) is 7.05 Å². The fraction of sp³-hybridized carbons (Fsp3) is 0.273. The first kappa shape index (κ1) is 17.3. The van der Waals surface area contributed by atoms with Gasteiger partial charge < -0.3 is 14.6 Å². The number of carbonyl (C=O) groups excluding carboxylic acids is 1. The van der Waals surface area contributed by atoms with E-state index < -0.39 is 5.97 Å². The molecule has 3 aromatic rings. The van der Waals surface area contributed by atoms with Gasteiger partial charge in [-0.05, 0) is 36.6 Å². The first-order chi connectivity index (χ1) is 13.0. The first-order valence-electron chi connectivity index (χ1n) is 9.21. The molecule has 1 fully saturated rings. The third-order valence-electron chi connectivity index (χ3n) is 5.47. The maximum atomic E-state index is 13.2. The Kier molecular flexibility index (Phi) is 4.44. The number of rotatable bonds is 3. The molecule has 138 valence electrons. The highest BCUT2D eigenvalue weighted by atomic mass is 16.4. The van der Waals surface area contributed by atoms with Crippen molar-refractivity contribution in [1.82, 2.24) is 9.47 Å². The van der Waals surface area contributed by atoms with Crippen LogP contribution in [0.5, 0.6) is 0 Å². The summed E-state index contributed by atoms with van der Waals surface area (Å²) in [7, 11) is 1.96. The van der Waals surface area contributed by atoms with Gasteiger partial charge in [-0.1, -0.05) is 30.3 Å². The summed E-state index contributed by atoms with van der Waals surface area (Å²) in [5.74, 6) is -0.614. The molecule has 1 aliphatic rings. The quantitative estimate of drug-likeness (QED) is 0.769. The minimum atomic E-state index is -0.919. The summed E-state index contributed by atoms with van der Waals surface area (Å²) in [6, 6.07) is 15.0. The van der Waals surface area contributed by atoms with E-state index in [0.29, 0.717) is 12.1 Å². The van der Waals surface area contributed by atoms with Crippen LogP contribution in [-0.4, -0.2) is 39.5 Å². The van der Waals surface area contributed by atoms with Crippen LogP contribution in [0.2, 0.25) is 0 Å². The molecule has 1 N–H and O–H groups in total. The number of amides is 1.